The molecule has 3 aromatic rings. The molecule has 0 saturated carbocycles. The number of benzene rings is 1. The zero-order chi connectivity index (χ0) is 15.0. The Hall–Kier alpha value is -2.47. The minimum atomic E-state index is -1.07. The number of hydrogen-bond donors (Lipinski definition) is 1. The van der Waals surface area contributed by atoms with Crippen LogP contribution in [-0.4, -0.2) is 26.1 Å². The Labute approximate surface area is 125 Å². The normalized spacial score (nSPS) is 10.8. The van der Waals surface area contributed by atoms with Crippen LogP contribution in [0.25, 0.3) is 16.3 Å². The molecule has 0 saturated heterocycles. The molecule has 0 bridgehead atoms. The van der Waals surface area contributed by atoms with Crippen molar-refractivity contribution in [1.82, 2.24) is 15.0 Å². The largest absolute Gasteiger partial charge is 0.476 e. The second kappa shape index (κ2) is 5.14. The Morgan fingerprint density at radius 1 is 1.29 bits per heavy atom. The van der Waals surface area contributed by atoms with Gasteiger partial charge in [0.15, 0.2) is 5.69 Å². The van der Waals surface area contributed by atoms with E-state index in [9.17, 15) is 9.90 Å². The summed E-state index contributed by atoms with van der Waals surface area (Å²) in [5.41, 5.74) is 3.49. The molecule has 5 nitrogen and oxygen atoms in total. The van der Waals surface area contributed by atoms with Crippen molar-refractivity contribution in [2.24, 2.45) is 0 Å². The van der Waals surface area contributed by atoms with Crippen molar-refractivity contribution in [3.05, 3.63) is 52.5 Å². The highest BCUT2D eigenvalue weighted by Gasteiger charge is 2.22. The number of thiophene rings is 1. The van der Waals surface area contributed by atoms with Gasteiger partial charge in [-0.15, -0.1) is 16.4 Å². The van der Waals surface area contributed by atoms with E-state index in [0.717, 1.165) is 21.7 Å². The van der Waals surface area contributed by atoms with Gasteiger partial charge >= 0.3 is 5.97 Å². The molecular weight excluding hydrogens is 286 g/mol. The third-order valence-electron chi connectivity index (χ3n) is 3.21. The van der Waals surface area contributed by atoms with Crippen molar-refractivity contribution >= 4 is 17.3 Å². The average molecular weight is 299 g/mol. The van der Waals surface area contributed by atoms with Gasteiger partial charge in [-0.1, -0.05) is 29.0 Å². The highest BCUT2D eigenvalue weighted by molar-refractivity contribution is 7.13. The van der Waals surface area contributed by atoms with Crippen LogP contribution in [0.3, 0.4) is 0 Å². The first-order valence-corrected chi connectivity index (χ1v) is 7.26. The van der Waals surface area contributed by atoms with E-state index in [2.05, 4.69) is 10.3 Å². The van der Waals surface area contributed by atoms with E-state index in [1.807, 2.05) is 49.6 Å². The monoisotopic (exact) mass is 299 g/mol. The molecule has 0 aliphatic carbocycles. The Kier molecular flexibility index (Phi) is 3.31. The molecule has 1 aromatic carbocycles. The fraction of sp³-hybridized carbons (Fsp3) is 0.133. The number of nitrogens with zero attached hydrogens (tertiary/aromatic N) is 3. The quantitative estimate of drug-likeness (QED) is 0.805. The summed E-state index contributed by atoms with van der Waals surface area (Å²) in [4.78, 5) is 12.2. The summed E-state index contributed by atoms with van der Waals surface area (Å²) < 4.78 is 1.60. The summed E-state index contributed by atoms with van der Waals surface area (Å²) >= 11 is 1.47. The minimum absolute atomic E-state index is 0.0302. The summed E-state index contributed by atoms with van der Waals surface area (Å²) in [6.07, 6.45) is 0. The zero-order valence-electron chi connectivity index (χ0n) is 11.6. The second-order valence-electron chi connectivity index (χ2n) is 4.77. The Balaban J connectivity index is 2.26. The number of aryl methyl sites for hydroxylation is 2. The zero-order valence-corrected chi connectivity index (χ0v) is 12.4. The van der Waals surface area contributed by atoms with Crippen LogP contribution in [0.2, 0.25) is 0 Å². The lowest BCUT2D eigenvalue weighted by Crippen LogP contribution is -2.03. The lowest BCUT2D eigenvalue weighted by Gasteiger charge is -2.09. The molecule has 0 unspecified atom stereocenters. The van der Waals surface area contributed by atoms with Crippen molar-refractivity contribution in [2.45, 2.75) is 13.8 Å². The second-order valence-corrected chi connectivity index (χ2v) is 5.72. The summed E-state index contributed by atoms with van der Waals surface area (Å²) in [5.74, 6) is -1.07. The predicted molar refractivity (Wildman–Crippen MR) is 81.1 cm³/mol. The molecule has 21 heavy (non-hydrogen) atoms. The maximum absolute atomic E-state index is 11.4. The van der Waals surface area contributed by atoms with Crippen molar-refractivity contribution in [1.29, 1.82) is 0 Å². The van der Waals surface area contributed by atoms with E-state index < -0.39 is 5.97 Å². The first-order chi connectivity index (χ1) is 10.1. The molecule has 0 spiro atoms. The van der Waals surface area contributed by atoms with Gasteiger partial charge in [-0.25, -0.2) is 9.48 Å². The molecule has 6 heteroatoms. The number of carboxylic acid groups (broad SMARTS) is 1. The van der Waals surface area contributed by atoms with Crippen molar-refractivity contribution in [3.8, 4) is 16.3 Å². The molecule has 2 aromatic heterocycles. The molecule has 0 aliphatic rings. The third kappa shape index (κ3) is 2.34. The van der Waals surface area contributed by atoms with E-state index in [1.54, 1.807) is 4.68 Å². The van der Waals surface area contributed by atoms with Gasteiger partial charge < -0.3 is 5.11 Å². The smallest absolute Gasteiger partial charge is 0.358 e. The molecule has 106 valence electrons. The summed E-state index contributed by atoms with van der Waals surface area (Å²) in [7, 11) is 0. The van der Waals surface area contributed by atoms with Crippen molar-refractivity contribution < 1.29 is 9.90 Å². The van der Waals surface area contributed by atoms with Gasteiger partial charge in [0.1, 0.15) is 5.69 Å². The van der Waals surface area contributed by atoms with Crippen LogP contribution in [0.1, 0.15) is 21.6 Å². The van der Waals surface area contributed by atoms with Crippen LogP contribution in [-0.2, 0) is 0 Å². The summed E-state index contributed by atoms with van der Waals surface area (Å²) in [5, 5.41) is 19.1. The van der Waals surface area contributed by atoms with E-state index in [-0.39, 0.29) is 5.69 Å². The molecule has 0 atom stereocenters. The van der Waals surface area contributed by atoms with Crippen LogP contribution in [0, 0.1) is 13.8 Å². The van der Waals surface area contributed by atoms with Gasteiger partial charge in [-0.05, 0) is 36.9 Å². The highest BCUT2D eigenvalue weighted by Crippen LogP contribution is 2.30. The predicted octanol–water partition coefficient (Wildman–Crippen LogP) is 3.31. The number of carbonyl (C=O) groups is 1. The number of hydrogen-bond acceptors (Lipinski definition) is 4. The molecule has 3 rings (SSSR count). The van der Waals surface area contributed by atoms with Gasteiger partial charge in [-0.3, -0.25) is 0 Å². The fourth-order valence-electron chi connectivity index (χ4n) is 2.27. The fourth-order valence-corrected chi connectivity index (χ4v) is 3.03. The lowest BCUT2D eigenvalue weighted by molar-refractivity contribution is 0.0691. The Morgan fingerprint density at radius 3 is 2.71 bits per heavy atom. The maximum Gasteiger partial charge on any atom is 0.358 e. The number of rotatable bonds is 3. The number of aromatic carboxylic acids is 1. The first-order valence-electron chi connectivity index (χ1n) is 6.38. The molecule has 2 heterocycles. The van der Waals surface area contributed by atoms with Crippen LogP contribution in [0.4, 0.5) is 0 Å². The van der Waals surface area contributed by atoms with Gasteiger partial charge in [0.25, 0.3) is 0 Å². The van der Waals surface area contributed by atoms with Gasteiger partial charge in [0, 0.05) is 0 Å². The van der Waals surface area contributed by atoms with Crippen LogP contribution in [0.15, 0.2) is 35.7 Å². The molecule has 0 aliphatic heterocycles. The molecule has 1 N–H and O–H groups in total. The minimum Gasteiger partial charge on any atom is -0.476 e. The average Bonchev–Trinajstić information content (AvgIpc) is 3.06. The van der Waals surface area contributed by atoms with Crippen LogP contribution in [0.5, 0.6) is 0 Å². The standard InChI is InChI=1S/C15H13N3O2S/c1-9-5-6-11(10(2)8-9)18-14(12-4-3-7-21-12)13(15(19)20)16-17-18/h3-8H,1-2H3,(H,19,20). The van der Waals surface area contributed by atoms with E-state index in [4.69, 9.17) is 0 Å². The lowest BCUT2D eigenvalue weighted by atomic mass is 10.1. The van der Waals surface area contributed by atoms with E-state index in [1.165, 1.54) is 11.3 Å². The topological polar surface area (TPSA) is 68.0 Å². The van der Waals surface area contributed by atoms with E-state index >= 15 is 0 Å². The third-order valence-corrected chi connectivity index (χ3v) is 4.08. The Morgan fingerprint density at radius 2 is 2.10 bits per heavy atom. The molecule has 0 fully saturated rings. The molecule has 0 amide bonds. The maximum atomic E-state index is 11.4. The summed E-state index contributed by atoms with van der Waals surface area (Å²) in [6, 6.07) is 9.70. The van der Waals surface area contributed by atoms with Gasteiger partial charge in [0.2, 0.25) is 0 Å². The van der Waals surface area contributed by atoms with Gasteiger partial charge in [-0.2, -0.15) is 0 Å². The molecule has 0 radical (unpaired) electrons. The molecular formula is C15H13N3O2S. The van der Waals surface area contributed by atoms with Crippen LogP contribution < -0.4 is 0 Å². The van der Waals surface area contributed by atoms with E-state index in [0.29, 0.717) is 5.69 Å². The highest BCUT2D eigenvalue weighted by atomic mass is 32.1. The summed E-state index contributed by atoms with van der Waals surface area (Å²) in [6.45, 7) is 3.99. The first kappa shape index (κ1) is 13.5. The van der Waals surface area contributed by atoms with Crippen LogP contribution >= 0.6 is 11.3 Å². The number of aromatic nitrogens is 3. The Bertz CT molecular complexity index is 806. The van der Waals surface area contributed by atoms with Crippen molar-refractivity contribution in [3.63, 3.8) is 0 Å². The number of carboxylic acids is 1. The van der Waals surface area contributed by atoms with Gasteiger partial charge in [0.05, 0.1) is 10.6 Å². The SMILES string of the molecule is Cc1ccc(-n2nnc(C(=O)O)c2-c2cccs2)c(C)c1. The van der Waals surface area contributed by atoms with Crippen molar-refractivity contribution in [2.75, 3.05) is 0 Å².